The molecule has 1 atom stereocenters. The van der Waals surface area contributed by atoms with Gasteiger partial charge in [-0.1, -0.05) is 11.6 Å². The molecule has 15 heavy (non-hydrogen) atoms. The van der Waals surface area contributed by atoms with Crippen LogP contribution in [0.25, 0.3) is 0 Å². The Bertz CT molecular complexity index is 339. The summed E-state index contributed by atoms with van der Waals surface area (Å²) in [5.74, 6) is 4.00. The van der Waals surface area contributed by atoms with Crippen molar-refractivity contribution in [1.29, 1.82) is 0 Å². The Balaban J connectivity index is 1.92. The lowest BCUT2D eigenvalue weighted by molar-refractivity contribution is 0.631. The first-order valence-corrected chi connectivity index (χ1v) is 6.51. The zero-order valence-corrected chi connectivity index (χ0v) is 9.94. The van der Waals surface area contributed by atoms with Crippen molar-refractivity contribution in [3.63, 3.8) is 0 Å². The number of halogens is 1. The number of hydrogen-bond acceptors (Lipinski definition) is 4. The van der Waals surface area contributed by atoms with Crippen LogP contribution in [0.5, 0.6) is 0 Å². The average Bonchev–Trinajstić information content (AvgIpc) is 2.69. The largest absolute Gasteiger partial charge is 0.396 e. The number of nitrogens with two attached hydrogens (primary N) is 1. The molecule has 1 aromatic rings. The van der Waals surface area contributed by atoms with Crippen LogP contribution >= 0.6 is 23.4 Å². The molecule has 0 spiro atoms. The Morgan fingerprint density at radius 1 is 1.67 bits per heavy atom. The first-order valence-electron chi connectivity index (χ1n) is 4.98. The lowest BCUT2D eigenvalue weighted by atomic mass is 10.1. The standard InChI is InChI=1S/C10H14ClN3S/c11-8-3-9(12)10(14-5-8)13-4-7-1-2-15-6-7/h3,5,7H,1-2,4,6,12H2,(H,13,14). The van der Waals surface area contributed by atoms with E-state index in [-0.39, 0.29) is 0 Å². The van der Waals surface area contributed by atoms with Crippen LogP contribution in [0.15, 0.2) is 12.3 Å². The molecule has 1 unspecified atom stereocenters. The van der Waals surface area contributed by atoms with E-state index < -0.39 is 0 Å². The number of pyridine rings is 1. The lowest BCUT2D eigenvalue weighted by Gasteiger charge is -2.12. The van der Waals surface area contributed by atoms with Crippen molar-refractivity contribution in [2.75, 3.05) is 29.1 Å². The number of aromatic nitrogens is 1. The Morgan fingerprint density at radius 3 is 3.20 bits per heavy atom. The minimum atomic E-state index is 0.578. The van der Waals surface area contributed by atoms with Crippen LogP contribution in [0.3, 0.4) is 0 Å². The van der Waals surface area contributed by atoms with E-state index in [1.54, 1.807) is 12.3 Å². The third-order valence-corrected chi connectivity index (χ3v) is 3.90. The fraction of sp³-hybridized carbons (Fsp3) is 0.500. The summed E-state index contributed by atoms with van der Waals surface area (Å²) in [5.41, 5.74) is 6.41. The highest BCUT2D eigenvalue weighted by Gasteiger charge is 2.15. The third-order valence-electron chi connectivity index (χ3n) is 2.47. The molecule has 0 saturated carbocycles. The number of nitrogens with one attached hydrogen (secondary N) is 1. The maximum Gasteiger partial charge on any atom is 0.149 e. The predicted octanol–water partition coefficient (Wildman–Crippen LogP) is 2.48. The maximum absolute atomic E-state index is 5.79. The zero-order chi connectivity index (χ0) is 10.7. The molecule has 0 bridgehead atoms. The third kappa shape index (κ3) is 2.92. The van der Waals surface area contributed by atoms with Crippen molar-refractivity contribution >= 4 is 34.9 Å². The molecule has 2 rings (SSSR count). The normalized spacial score (nSPS) is 20.5. The molecule has 0 aromatic carbocycles. The van der Waals surface area contributed by atoms with Crippen LogP contribution in [0.1, 0.15) is 6.42 Å². The second-order valence-electron chi connectivity index (χ2n) is 3.70. The molecule has 0 radical (unpaired) electrons. The van der Waals surface area contributed by atoms with Crippen molar-refractivity contribution < 1.29 is 0 Å². The predicted molar refractivity (Wildman–Crippen MR) is 67.6 cm³/mol. The highest BCUT2D eigenvalue weighted by Crippen LogP contribution is 2.25. The molecular weight excluding hydrogens is 230 g/mol. The molecule has 1 aliphatic rings. The van der Waals surface area contributed by atoms with Crippen LogP contribution in [0.2, 0.25) is 5.02 Å². The van der Waals surface area contributed by atoms with Gasteiger partial charge in [-0.25, -0.2) is 4.98 Å². The van der Waals surface area contributed by atoms with Gasteiger partial charge in [0.1, 0.15) is 5.82 Å². The van der Waals surface area contributed by atoms with Crippen LogP contribution in [-0.4, -0.2) is 23.0 Å². The van der Waals surface area contributed by atoms with Gasteiger partial charge in [-0.3, -0.25) is 0 Å². The Kier molecular flexibility index (Phi) is 3.59. The van der Waals surface area contributed by atoms with Gasteiger partial charge in [0.05, 0.1) is 10.7 Å². The van der Waals surface area contributed by atoms with Gasteiger partial charge in [0.2, 0.25) is 0 Å². The number of thioether (sulfide) groups is 1. The van der Waals surface area contributed by atoms with Crippen LogP contribution < -0.4 is 11.1 Å². The minimum Gasteiger partial charge on any atom is -0.396 e. The molecule has 5 heteroatoms. The molecule has 1 aromatic heterocycles. The van der Waals surface area contributed by atoms with E-state index in [1.807, 2.05) is 11.8 Å². The summed E-state index contributed by atoms with van der Waals surface area (Å²) in [6, 6.07) is 1.72. The van der Waals surface area contributed by atoms with Gasteiger partial charge in [0, 0.05) is 12.7 Å². The van der Waals surface area contributed by atoms with E-state index in [2.05, 4.69) is 10.3 Å². The fourth-order valence-corrected chi connectivity index (χ4v) is 3.04. The average molecular weight is 244 g/mol. The number of anilines is 2. The second kappa shape index (κ2) is 4.94. The maximum atomic E-state index is 5.79. The van der Waals surface area contributed by atoms with Crippen molar-refractivity contribution in [2.45, 2.75) is 6.42 Å². The molecule has 82 valence electrons. The summed E-state index contributed by atoms with van der Waals surface area (Å²) in [4.78, 5) is 4.16. The second-order valence-corrected chi connectivity index (χ2v) is 5.29. The van der Waals surface area contributed by atoms with Gasteiger partial charge in [0.15, 0.2) is 0 Å². The fourth-order valence-electron chi connectivity index (χ4n) is 1.59. The molecule has 1 fully saturated rings. The summed E-state index contributed by atoms with van der Waals surface area (Å²) in [6.45, 7) is 0.950. The molecule has 2 heterocycles. The minimum absolute atomic E-state index is 0.578. The molecule has 1 aliphatic heterocycles. The summed E-state index contributed by atoms with van der Waals surface area (Å²) in [5, 5.41) is 3.85. The SMILES string of the molecule is Nc1cc(Cl)cnc1NCC1CCSC1. The molecule has 3 nitrogen and oxygen atoms in total. The number of nitrogens with zero attached hydrogens (tertiary/aromatic N) is 1. The summed E-state index contributed by atoms with van der Waals surface area (Å²) in [6.07, 6.45) is 2.90. The first-order chi connectivity index (χ1) is 7.25. The zero-order valence-electron chi connectivity index (χ0n) is 8.37. The lowest BCUT2D eigenvalue weighted by Crippen LogP contribution is -2.15. The van der Waals surface area contributed by atoms with Crippen LogP contribution in [-0.2, 0) is 0 Å². The van der Waals surface area contributed by atoms with Gasteiger partial charge >= 0.3 is 0 Å². The van der Waals surface area contributed by atoms with Crippen molar-refractivity contribution in [3.8, 4) is 0 Å². The Hall–Kier alpha value is -0.610. The smallest absolute Gasteiger partial charge is 0.149 e. The van der Waals surface area contributed by atoms with Gasteiger partial charge in [-0.15, -0.1) is 0 Å². The number of rotatable bonds is 3. The number of nitrogen functional groups attached to an aromatic ring is 1. The monoisotopic (exact) mass is 243 g/mol. The first kappa shape index (κ1) is 10.9. The Morgan fingerprint density at radius 2 is 2.53 bits per heavy atom. The van der Waals surface area contributed by atoms with E-state index in [9.17, 15) is 0 Å². The summed E-state index contributed by atoms with van der Waals surface area (Å²) in [7, 11) is 0. The van der Waals surface area contributed by atoms with Crippen LogP contribution in [0.4, 0.5) is 11.5 Å². The van der Waals surface area contributed by atoms with E-state index in [0.29, 0.717) is 10.7 Å². The topological polar surface area (TPSA) is 50.9 Å². The van der Waals surface area contributed by atoms with Crippen LogP contribution in [0, 0.1) is 5.92 Å². The van der Waals surface area contributed by atoms with Gasteiger partial charge < -0.3 is 11.1 Å². The molecule has 0 amide bonds. The van der Waals surface area contributed by atoms with Gasteiger partial charge in [-0.2, -0.15) is 11.8 Å². The highest BCUT2D eigenvalue weighted by atomic mass is 35.5. The Labute approximate surface area is 98.8 Å². The van der Waals surface area contributed by atoms with Crippen molar-refractivity contribution in [1.82, 2.24) is 4.98 Å². The van der Waals surface area contributed by atoms with E-state index in [1.165, 1.54) is 17.9 Å². The van der Waals surface area contributed by atoms with E-state index >= 15 is 0 Å². The van der Waals surface area contributed by atoms with Crippen molar-refractivity contribution in [2.24, 2.45) is 5.92 Å². The van der Waals surface area contributed by atoms with E-state index in [0.717, 1.165) is 18.3 Å². The van der Waals surface area contributed by atoms with Crippen molar-refractivity contribution in [3.05, 3.63) is 17.3 Å². The van der Waals surface area contributed by atoms with Gasteiger partial charge in [0.25, 0.3) is 0 Å². The summed E-state index contributed by atoms with van der Waals surface area (Å²) >= 11 is 7.78. The molecule has 1 saturated heterocycles. The molecular formula is C10H14ClN3S. The summed E-state index contributed by atoms with van der Waals surface area (Å²) < 4.78 is 0. The molecule has 3 N–H and O–H groups in total. The number of hydrogen-bond donors (Lipinski definition) is 2. The van der Waals surface area contributed by atoms with E-state index in [4.69, 9.17) is 17.3 Å². The quantitative estimate of drug-likeness (QED) is 0.857. The highest BCUT2D eigenvalue weighted by molar-refractivity contribution is 7.99. The van der Waals surface area contributed by atoms with Gasteiger partial charge in [-0.05, 0) is 29.9 Å². The molecule has 0 aliphatic carbocycles.